The maximum Gasteiger partial charge on any atom is 0.0888 e. The van der Waals surface area contributed by atoms with Crippen LogP contribution in [0.5, 0.6) is 0 Å². The van der Waals surface area contributed by atoms with Crippen LogP contribution in [0.4, 0.5) is 0 Å². The summed E-state index contributed by atoms with van der Waals surface area (Å²) in [5, 5.41) is 0. The number of allylic oxidation sites excluding steroid dienone is 5. The average molecular weight is 432 g/mol. The molecule has 0 N–H and O–H groups in total. The van der Waals surface area contributed by atoms with Crippen LogP contribution in [0.25, 0.3) is 0 Å². The van der Waals surface area contributed by atoms with Gasteiger partial charge in [-0.05, 0) is 89.8 Å². The van der Waals surface area contributed by atoms with Crippen molar-refractivity contribution >= 4 is 0 Å². The van der Waals surface area contributed by atoms with E-state index in [1.54, 1.807) is 0 Å². The summed E-state index contributed by atoms with van der Waals surface area (Å²) in [5.74, 6) is 1.87. The van der Waals surface area contributed by atoms with E-state index in [1.165, 1.54) is 110 Å². The van der Waals surface area contributed by atoms with Crippen molar-refractivity contribution in [1.82, 2.24) is 4.90 Å². The van der Waals surface area contributed by atoms with E-state index >= 15 is 0 Å². The summed E-state index contributed by atoms with van der Waals surface area (Å²) in [6.07, 6.45) is 29.7. The second-order valence-corrected chi connectivity index (χ2v) is 9.44. The van der Waals surface area contributed by atoms with Crippen LogP contribution in [0.2, 0.25) is 0 Å². The van der Waals surface area contributed by atoms with E-state index in [1.807, 2.05) is 0 Å². The van der Waals surface area contributed by atoms with Crippen LogP contribution < -0.4 is 0 Å². The first kappa shape index (κ1) is 28.0. The van der Waals surface area contributed by atoms with Gasteiger partial charge in [0.05, 0.1) is 12.4 Å². The molecule has 1 aliphatic rings. The van der Waals surface area contributed by atoms with Gasteiger partial charge < -0.3 is 9.64 Å². The van der Waals surface area contributed by atoms with Crippen LogP contribution in [0.1, 0.15) is 117 Å². The molecule has 2 heteroatoms. The molecular weight excluding hydrogens is 378 g/mol. The van der Waals surface area contributed by atoms with Gasteiger partial charge in [0.15, 0.2) is 0 Å². The molecule has 1 heterocycles. The lowest BCUT2D eigenvalue weighted by atomic mass is 9.94. The number of piperidine rings is 1. The number of ether oxygens (including phenoxy) is 1. The summed E-state index contributed by atoms with van der Waals surface area (Å²) >= 11 is 0. The Kier molecular flexibility index (Phi) is 18.8. The molecule has 1 saturated heterocycles. The van der Waals surface area contributed by atoms with Gasteiger partial charge in [0, 0.05) is 6.42 Å². The largest absolute Gasteiger partial charge is 0.499 e. The van der Waals surface area contributed by atoms with Gasteiger partial charge in [-0.2, -0.15) is 0 Å². The van der Waals surface area contributed by atoms with E-state index in [9.17, 15) is 0 Å². The zero-order valence-corrected chi connectivity index (χ0v) is 21.1. The van der Waals surface area contributed by atoms with E-state index in [0.29, 0.717) is 0 Å². The molecule has 0 spiro atoms. The van der Waals surface area contributed by atoms with E-state index in [0.717, 1.165) is 31.1 Å². The van der Waals surface area contributed by atoms with Crippen LogP contribution in [0.3, 0.4) is 0 Å². The van der Waals surface area contributed by atoms with Crippen molar-refractivity contribution in [2.75, 3.05) is 26.2 Å². The molecule has 0 aromatic rings. The van der Waals surface area contributed by atoms with Crippen LogP contribution >= 0.6 is 0 Å². The van der Waals surface area contributed by atoms with Gasteiger partial charge in [-0.15, -0.1) is 0 Å². The topological polar surface area (TPSA) is 12.5 Å². The van der Waals surface area contributed by atoms with Crippen molar-refractivity contribution < 1.29 is 4.74 Å². The molecule has 31 heavy (non-hydrogen) atoms. The van der Waals surface area contributed by atoms with Crippen LogP contribution in [-0.4, -0.2) is 31.1 Å². The molecule has 2 nitrogen and oxygen atoms in total. The Morgan fingerprint density at radius 1 is 0.839 bits per heavy atom. The molecule has 1 fully saturated rings. The third-order valence-corrected chi connectivity index (χ3v) is 6.49. The average Bonchev–Trinajstić information content (AvgIpc) is 2.78. The molecule has 0 saturated carbocycles. The molecule has 0 radical (unpaired) electrons. The minimum atomic E-state index is 0.858. The Balaban J connectivity index is 1.84. The molecule has 1 aliphatic heterocycles. The summed E-state index contributed by atoms with van der Waals surface area (Å²) in [7, 11) is 0. The van der Waals surface area contributed by atoms with Gasteiger partial charge in [0.2, 0.25) is 0 Å². The molecule has 0 atom stereocenters. The van der Waals surface area contributed by atoms with Crippen molar-refractivity contribution in [3.63, 3.8) is 0 Å². The number of likely N-dealkylation sites (tertiary alicyclic amines) is 1. The maximum atomic E-state index is 5.92. The predicted octanol–water partition coefficient (Wildman–Crippen LogP) is 8.84. The van der Waals surface area contributed by atoms with Crippen LogP contribution in [-0.2, 0) is 4.74 Å². The number of hydrogen-bond donors (Lipinski definition) is 0. The summed E-state index contributed by atoms with van der Waals surface area (Å²) in [5.41, 5.74) is 0. The van der Waals surface area contributed by atoms with Gasteiger partial charge >= 0.3 is 0 Å². The second kappa shape index (κ2) is 20.9. The zero-order chi connectivity index (χ0) is 22.4. The van der Waals surface area contributed by atoms with Crippen molar-refractivity contribution in [2.24, 2.45) is 5.92 Å². The molecular formula is C29H53NO. The zero-order valence-electron chi connectivity index (χ0n) is 21.1. The lowest BCUT2D eigenvalue weighted by Crippen LogP contribution is -2.34. The summed E-state index contributed by atoms with van der Waals surface area (Å²) in [6.45, 7) is 13.4. The van der Waals surface area contributed by atoms with Crippen LogP contribution in [0, 0.1) is 5.92 Å². The molecule has 0 amide bonds. The maximum absolute atomic E-state index is 5.92. The fraction of sp³-hybridized carbons (Fsp3) is 0.793. The number of rotatable bonds is 20. The predicted molar refractivity (Wildman–Crippen MR) is 139 cm³/mol. The second-order valence-electron chi connectivity index (χ2n) is 9.44. The van der Waals surface area contributed by atoms with Crippen molar-refractivity contribution in [3.05, 3.63) is 36.6 Å². The third-order valence-electron chi connectivity index (χ3n) is 6.49. The first-order chi connectivity index (χ1) is 15.3. The van der Waals surface area contributed by atoms with Gasteiger partial charge in [-0.25, -0.2) is 0 Å². The van der Waals surface area contributed by atoms with E-state index in [4.69, 9.17) is 4.74 Å². The molecule has 1 rings (SSSR count). The summed E-state index contributed by atoms with van der Waals surface area (Å²) in [6, 6.07) is 0. The summed E-state index contributed by atoms with van der Waals surface area (Å²) in [4.78, 5) is 2.61. The minimum Gasteiger partial charge on any atom is -0.499 e. The normalized spacial score (nSPS) is 15.9. The molecule has 0 aromatic heterocycles. The minimum absolute atomic E-state index is 0.858. The fourth-order valence-corrected chi connectivity index (χ4v) is 4.39. The van der Waals surface area contributed by atoms with Crippen molar-refractivity contribution in [1.29, 1.82) is 0 Å². The Morgan fingerprint density at radius 3 is 2.16 bits per heavy atom. The highest BCUT2D eigenvalue weighted by molar-refractivity contribution is 4.92. The monoisotopic (exact) mass is 431 g/mol. The molecule has 180 valence electrons. The number of nitrogens with zero attached hydrogens (tertiary/aromatic N) is 1. The first-order valence-corrected chi connectivity index (χ1v) is 13.6. The first-order valence-electron chi connectivity index (χ1n) is 13.6. The lowest BCUT2D eigenvalue weighted by molar-refractivity contribution is 0.138. The van der Waals surface area contributed by atoms with E-state index < -0.39 is 0 Å². The van der Waals surface area contributed by atoms with Gasteiger partial charge in [-0.3, -0.25) is 0 Å². The van der Waals surface area contributed by atoms with Crippen LogP contribution in [0.15, 0.2) is 36.6 Å². The molecule has 0 aliphatic carbocycles. The van der Waals surface area contributed by atoms with E-state index in [2.05, 4.69) is 49.6 Å². The smallest absolute Gasteiger partial charge is 0.0888 e. The Bertz CT molecular complexity index is 459. The van der Waals surface area contributed by atoms with Gasteiger partial charge in [-0.1, -0.05) is 76.8 Å². The van der Waals surface area contributed by atoms with Gasteiger partial charge in [0.1, 0.15) is 0 Å². The number of unbranched alkanes of at least 4 members (excludes halogenated alkanes) is 8. The van der Waals surface area contributed by atoms with Gasteiger partial charge in [0.25, 0.3) is 0 Å². The standard InChI is InChI=1S/C29H53NO/c1-4-6-7-8-9-10-11-12-13-14-15-16-17-18-19-20-28(3)31-27-23-29-21-25-30(24-5-2)26-22-29/h9-10,12-13,29H,3-8,11,14-27H2,1-2H3/b10-9-,13-12-. The highest BCUT2D eigenvalue weighted by Crippen LogP contribution is 2.21. The SMILES string of the molecule is C=C(CCCCCCC/C=C\C/C=C\CCCCC)OCCC1CCN(CCC)CC1. The number of hydrogen-bond acceptors (Lipinski definition) is 2. The molecule has 0 bridgehead atoms. The van der Waals surface area contributed by atoms with Crippen molar-refractivity contribution in [3.8, 4) is 0 Å². The van der Waals surface area contributed by atoms with Crippen molar-refractivity contribution in [2.45, 2.75) is 117 Å². The third kappa shape index (κ3) is 17.2. The van der Waals surface area contributed by atoms with E-state index in [-0.39, 0.29) is 0 Å². The lowest BCUT2D eigenvalue weighted by Gasteiger charge is -2.31. The Morgan fingerprint density at radius 2 is 1.48 bits per heavy atom. The Hall–Kier alpha value is -1.02. The fourth-order valence-electron chi connectivity index (χ4n) is 4.39. The molecule has 0 unspecified atom stereocenters. The summed E-state index contributed by atoms with van der Waals surface area (Å²) < 4.78 is 5.92. The highest BCUT2D eigenvalue weighted by atomic mass is 16.5. The molecule has 0 aromatic carbocycles. The quantitative estimate of drug-likeness (QED) is 0.108. The highest BCUT2D eigenvalue weighted by Gasteiger charge is 2.18. The Labute approximate surface area is 195 Å².